The van der Waals surface area contributed by atoms with E-state index in [4.69, 9.17) is 0 Å². The molecular formula is C13H28N2. The highest BCUT2D eigenvalue weighted by Crippen LogP contribution is 2.16. The van der Waals surface area contributed by atoms with Gasteiger partial charge in [0.25, 0.3) is 0 Å². The molecule has 0 saturated carbocycles. The normalized spacial score (nSPS) is 26.2. The molecule has 1 saturated heterocycles. The summed E-state index contributed by atoms with van der Waals surface area (Å²) < 4.78 is 0. The Hall–Kier alpha value is -0.0800. The van der Waals surface area contributed by atoms with Crippen LogP contribution < -0.4 is 5.32 Å². The van der Waals surface area contributed by atoms with Gasteiger partial charge in [0, 0.05) is 6.04 Å². The molecule has 0 aromatic heterocycles. The van der Waals surface area contributed by atoms with Gasteiger partial charge in [0.05, 0.1) is 0 Å². The molecule has 1 aliphatic heterocycles. The summed E-state index contributed by atoms with van der Waals surface area (Å²) >= 11 is 0. The Morgan fingerprint density at radius 3 is 2.87 bits per heavy atom. The van der Waals surface area contributed by atoms with Crippen LogP contribution in [0.1, 0.15) is 46.5 Å². The monoisotopic (exact) mass is 212 g/mol. The number of likely N-dealkylation sites (tertiary alicyclic amines) is 1. The van der Waals surface area contributed by atoms with Crippen molar-refractivity contribution < 1.29 is 0 Å². The molecule has 0 aromatic carbocycles. The molecule has 2 atom stereocenters. The quantitative estimate of drug-likeness (QED) is 0.753. The number of hydrogen-bond donors (Lipinski definition) is 1. The lowest BCUT2D eigenvalue weighted by atomic mass is 10.0. The summed E-state index contributed by atoms with van der Waals surface area (Å²) in [5.74, 6) is 0.946. The largest absolute Gasteiger partial charge is 0.314 e. The highest BCUT2D eigenvalue weighted by molar-refractivity contribution is 4.69. The zero-order valence-corrected chi connectivity index (χ0v) is 10.8. The van der Waals surface area contributed by atoms with Crippen LogP contribution in [0.15, 0.2) is 0 Å². The van der Waals surface area contributed by atoms with E-state index in [2.05, 4.69) is 31.0 Å². The van der Waals surface area contributed by atoms with Crippen LogP contribution in [0, 0.1) is 5.92 Å². The Labute approximate surface area is 95.4 Å². The lowest BCUT2D eigenvalue weighted by Gasteiger charge is -2.22. The van der Waals surface area contributed by atoms with E-state index < -0.39 is 0 Å². The first-order valence-electron chi connectivity index (χ1n) is 6.68. The molecule has 1 rings (SSSR count). The van der Waals surface area contributed by atoms with Crippen molar-refractivity contribution in [3.63, 3.8) is 0 Å². The van der Waals surface area contributed by atoms with E-state index in [1.165, 1.54) is 45.3 Å². The fourth-order valence-corrected chi connectivity index (χ4v) is 2.37. The fraction of sp³-hybridized carbons (Fsp3) is 1.00. The van der Waals surface area contributed by atoms with E-state index in [1.807, 2.05) is 0 Å². The minimum atomic E-state index is 0.677. The topological polar surface area (TPSA) is 15.3 Å². The molecule has 1 N–H and O–H groups in total. The summed E-state index contributed by atoms with van der Waals surface area (Å²) in [5, 5.41) is 3.48. The Balaban J connectivity index is 2.14. The van der Waals surface area contributed by atoms with Gasteiger partial charge in [0.1, 0.15) is 0 Å². The van der Waals surface area contributed by atoms with Crippen molar-refractivity contribution in [1.29, 1.82) is 0 Å². The van der Waals surface area contributed by atoms with Gasteiger partial charge >= 0.3 is 0 Å². The minimum Gasteiger partial charge on any atom is -0.314 e. The van der Waals surface area contributed by atoms with Crippen LogP contribution in [-0.2, 0) is 0 Å². The molecule has 15 heavy (non-hydrogen) atoms. The zero-order valence-electron chi connectivity index (χ0n) is 10.8. The molecule has 0 bridgehead atoms. The third-order valence-corrected chi connectivity index (χ3v) is 3.54. The highest BCUT2D eigenvalue weighted by Gasteiger charge is 2.13. The Kier molecular flexibility index (Phi) is 6.26. The highest BCUT2D eigenvalue weighted by atomic mass is 15.1. The maximum absolute atomic E-state index is 3.48. The average Bonchev–Trinajstić information content (AvgIpc) is 2.41. The van der Waals surface area contributed by atoms with E-state index in [9.17, 15) is 0 Å². The molecule has 0 aliphatic carbocycles. The second kappa shape index (κ2) is 7.24. The second-order valence-electron chi connectivity index (χ2n) is 5.13. The van der Waals surface area contributed by atoms with Gasteiger partial charge in [-0.2, -0.15) is 0 Å². The van der Waals surface area contributed by atoms with Crippen LogP contribution >= 0.6 is 0 Å². The zero-order chi connectivity index (χ0) is 11.1. The van der Waals surface area contributed by atoms with Gasteiger partial charge in [-0.1, -0.05) is 13.8 Å². The number of nitrogens with one attached hydrogen (secondary N) is 1. The molecule has 1 fully saturated rings. The van der Waals surface area contributed by atoms with Crippen LogP contribution in [-0.4, -0.2) is 37.1 Å². The summed E-state index contributed by atoms with van der Waals surface area (Å²) in [5.41, 5.74) is 0. The van der Waals surface area contributed by atoms with Crippen LogP contribution in [0.5, 0.6) is 0 Å². The second-order valence-corrected chi connectivity index (χ2v) is 5.13. The van der Waals surface area contributed by atoms with Crippen molar-refractivity contribution in [2.24, 2.45) is 5.92 Å². The average molecular weight is 212 g/mol. The minimum absolute atomic E-state index is 0.677. The van der Waals surface area contributed by atoms with Crippen molar-refractivity contribution in [3.05, 3.63) is 0 Å². The van der Waals surface area contributed by atoms with E-state index in [-0.39, 0.29) is 0 Å². The molecule has 90 valence electrons. The van der Waals surface area contributed by atoms with Crippen molar-refractivity contribution in [3.8, 4) is 0 Å². The van der Waals surface area contributed by atoms with E-state index >= 15 is 0 Å². The molecular weight excluding hydrogens is 184 g/mol. The smallest absolute Gasteiger partial charge is 0.00507 e. The van der Waals surface area contributed by atoms with Crippen LogP contribution in [0.4, 0.5) is 0 Å². The summed E-state index contributed by atoms with van der Waals surface area (Å²) in [6, 6.07) is 0.677. The van der Waals surface area contributed by atoms with Gasteiger partial charge in [-0.15, -0.1) is 0 Å². The molecule has 0 spiro atoms. The summed E-state index contributed by atoms with van der Waals surface area (Å²) in [7, 11) is 0. The van der Waals surface area contributed by atoms with Crippen molar-refractivity contribution in [1.82, 2.24) is 10.2 Å². The Bertz CT molecular complexity index is 159. The van der Waals surface area contributed by atoms with Crippen LogP contribution in [0.3, 0.4) is 0 Å². The first kappa shape index (κ1) is 13.0. The third-order valence-electron chi connectivity index (χ3n) is 3.54. The molecule has 2 nitrogen and oxygen atoms in total. The summed E-state index contributed by atoms with van der Waals surface area (Å²) in [6.45, 7) is 11.9. The van der Waals surface area contributed by atoms with Gasteiger partial charge < -0.3 is 10.2 Å². The van der Waals surface area contributed by atoms with E-state index in [0.717, 1.165) is 12.5 Å². The molecule has 2 heteroatoms. The van der Waals surface area contributed by atoms with E-state index in [0.29, 0.717) is 6.04 Å². The SMILES string of the molecule is CCNC(C)CCN1CCCC(C)CC1. The van der Waals surface area contributed by atoms with Crippen molar-refractivity contribution in [2.45, 2.75) is 52.5 Å². The van der Waals surface area contributed by atoms with Gasteiger partial charge in [-0.25, -0.2) is 0 Å². The van der Waals surface area contributed by atoms with Crippen molar-refractivity contribution >= 4 is 0 Å². The van der Waals surface area contributed by atoms with Crippen molar-refractivity contribution in [2.75, 3.05) is 26.2 Å². The maximum Gasteiger partial charge on any atom is 0.00507 e. The molecule has 2 unspecified atom stereocenters. The molecule has 0 radical (unpaired) electrons. The molecule has 0 amide bonds. The predicted octanol–water partition coefficient (Wildman–Crippen LogP) is 2.50. The van der Waals surface area contributed by atoms with E-state index in [1.54, 1.807) is 0 Å². The third kappa shape index (κ3) is 5.53. The lowest BCUT2D eigenvalue weighted by Crippen LogP contribution is -2.33. The Morgan fingerprint density at radius 2 is 2.13 bits per heavy atom. The molecule has 0 aromatic rings. The lowest BCUT2D eigenvalue weighted by molar-refractivity contribution is 0.266. The van der Waals surface area contributed by atoms with Gasteiger partial charge in [0.15, 0.2) is 0 Å². The summed E-state index contributed by atoms with van der Waals surface area (Å²) in [4.78, 5) is 2.65. The number of nitrogens with zero attached hydrogens (tertiary/aromatic N) is 1. The van der Waals surface area contributed by atoms with Crippen LogP contribution in [0.25, 0.3) is 0 Å². The predicted molar refractivity (Wildman–Crippen MR) is 67.2 cm³/mol. The number of hydrogen-bond acceptors (Lipinski definition) is 2. The standard InChI is InChI=1S/C13H28N2/c1-4-14-13(3)8-11-15-9-5-6-12(2)7-10-15/h12-14H,4-11H2,1-3H3. The van der Waals surface area contributed by atoms with Gasteiger partial charge in [0.2, 0.25) is 0 Å². The van der Waals surface area contributed by atoms with Crippen LogP contribution in [0.2, 0.25) is 0 Å². The summed E-state index contributed by atoms with van der Waals surface area (Å²) in [6.07, 6.45) is 5.52. The molecule has 1 aliphatic rings. The fourth-order valence-electron chi connectivity index (χ4n) is 2.37. The first-order chi connectivity index (χ1) is 7.22. The first-order valence-corrected chi connectivity index (χ1v) is 6.68. The maximum atomic E-state index is 3.48. The van der Waals surface area contributed by atoms with Gasteiger partial charge in [-0.05, 0) is 64.7 Å². The molecule has 1 heterocycles. The number of rotatable bonds is 5. The van der Waals surface area contributed by atoms with Gasteiger partial charge in [-0.3, -0.25) is 0 Å². The Morgan fingerprint density at radius 1 is 1.33 bits per heavy atom.